The van der Waals surface area contributed by atoms with Gasteiger partial charge in [-0.15, -0.1) is 0 Å². The third kappa shape index (κ3) is 2.45. The van der Waals surface area contributed by atoms with Gasteiger partial charge in [0.1, 0.15) is 5.75 Å². The predicted molar refractivity (Wildman–Crippen MR) is 80.2 cm³/mol. The number of para-hydroxylation sites is 1. The van der Waals surface area contributed by atoms with E-state index in [0.717, 1.165) is 31.8 Å². The maximum Gasteiger partial charge on any atom is 0.126 e. The number of hydrogen-bond acceptors (Lipinski definition) is 3. The van der Waals surface area contributed by atoms with E-state index in [1.54, 1.807) is 0 Å². The van der Waals surface area contributed by atoms with Gasteiger partial charge in [-0.2, -0.15) is 0 Å². The highest BCUT2D eigenvalue weighted by molar-refractivity contribution is 5.43. The molecule has 2 heterocycles. The van der Waals surface area contributed by atoms with Gasteiger partial charge in [-0.3, -0.25) is 0 Å². The molecular weight excluding hydrogens is 250 g/mol. The van der Waals surface area contributed by atoms with E-state index in [4.69, 9.17) is 9.47 Å². The van der Waals surface area contributed by atoms with Gasteiger partial charge in [0.25, 0.3) is 0 Å². The summed E-state index contributed by atoms with van der Waals surface area (Å²) >= 11 is 0. The molecule has 1 aromatic rings. The van der Waals surface area contributed by atoms with E-state index in [0.29, 0.717) is 12.1 Å². The molecule has 3 atom stereocenters. The van der Waals surface area contributed by atoms with Crippen LogP contribution in [-0.4, -0.2) is 24.9 Å². The number of nitrogens with one attached hydrogen (secondary N) is 1. The molecule has 2 aliphatic heterocycles. The summed E-state index contributed by atoms with van der Waals surface area (Å²) < 4.78 is 11.8. The van der Waals surface area contributed by atoms with E-state index in [-0.39, 0.29) is 5.60 Å². The van der Waals surface area contributed by atoms with Gasteiger partial charge in [0.2, 0.25) is 0 Å². The molecule has 1 N–H and O–H groups in total. The molecule has 0 spiro atoms. The molecule has 3 heteroatoms. The number of fused-ring (bicyclic) bond motifs is 1. The molecule has 0 bridgehead atoms. The summed E-state index contributed by atoms with van der Waals surface area (Å²) in [5.41, 5.74) is 2.50. The van der Waals surface area contributed by atoms with Crippen molar-refractivity contribution in [3.05, 3.63) is 29.3 Å². The first-order chi connectivity index (χ1) is 9.60. The van der Waals surface area contributed by atoms with Crippen LogP contribution in [0.3, 0.4) is 0 Å². The zero-order valence-electron chi connectivity index (χ0n) is 12.7. The van der Waals surface area contributed by atoms with E-state index < -0.39 is 0 Å². The Hall–Kier alpha value is -1.06. The third-order valence-electron chi connectivity index (χ3n) is 4.89. The molecule has 0 unspecified atom stereocenters. The Morgan fingerprint density at radius 2 is 2.20 bits per heavy atom. The molecule has 20 heavy (non-hydrogen) atoms. The summed E-state index contributed by atoms with van der Waals surface area (Å²) in [6, 6.07) is 7.14. The quantitative estimate of drug-likeness (QED) is 0.917. The van der Waals surface area contributed by atoms with Gasteiger partial charge < -0.3 is 14.8 Å². The van der Waals surface area contributed by atoms with E-state index in [9.17, 15) is 0 Å². The number of hydrogen-bond donors (Lipinski definition) is 1. The van der Waals surface area contributed by atoms with Gasteiger partial charge in [-0.1, -0.05) is 18.2 Å². The second kappa shape index (κ2) is 5.38. The molecular formula is C17H25NO2. The van der Waals surface area contributed by atoms with Crippen molar-refractivity contribution in [3.63, 3.8) is 0 Å². The monoisotopic (exact) mass is 275 g/mol. The van der Waals surface area contributed by atoms with Crippen molar-refractivity contribution in [2.24, 2.45) is 0 Å². The van der Waals surface area contributed by atoms with Crippen LogP contribution in [0.1, 0.15) is 50.3 Å². The van der Waals surface area contributed by atoms with Gasteiger partial charge in [0.15, 0.2) is 0 Å². The molecule has 110 valence electrons. The second-order valence-electron chi connectivity index (χ2n) is 6.34. The lowest BCUT2D eigenvalue weighted by molar-refractivity contribution is -0.0109. The van der Waals surface area contributed by atoms with Crippen molar-refractivity contribution in [1.82, 2.24) is 5.32 Å². The summed E-state index contributed by atoms with van der Waals surface area (Å²) in [5.74, 6) is 1.07. The Labute approximate surface area is 121 Å². The minimum atomic E-state index is -0.0255. The number of rotatable bonds is 3. The Morgan fingerprint density at radius 1 is 1.35 bits per heavy atom. The largest absolute Gasteiger partial charge is 0.493 e. The first-order valence-electron chi connectivity index (χ1n) is 7.72. The van der Waals surface area contributed by atoms with Crippen LogP contribution in [0, 0.1) is 6.92 Å². The third-order valence-corrected chi connectivity index (χ3v) is 4.89. The fourth-order valence-corrected chi connectivity index (χ4v) is 3.37. The molecule has 2 aliphatic rings. The molecule has 0 radical (unpaired) electrons. The highest BCUT2D eigenvalue weighted by Crippen LogP contribution is 2.36. The number of benzene rings is 1. The lowest BCUT2D eigenvalue weighted by atomic mass is 9.91. The highest BCUT2D eigenvalue weighted by atomic mass is 16.5. The highest BCUT2D eigenvalue weighted by Gasteiger charge is 2.37. The summed E-state index contributed by atoms with van der Waals surface area (Å²) in [5, 5.41) is 3.78. The zero-order chi connectivity index (χ0) is 14.2. The van der Waals surface area contributed by atoms with Crippen LogP contribution in [0.25, 0.3) is 0 Å². The Kier molecular flexibility index (Phi) is 3.74. The molecule has 0 aromatic heterocycles. The molecule has 0 aliphatic carbocycles. The van der Waals surface area contributed by atoms with Crippen LogP contribution in [0.4, 0.5) is 0 Å². The van der Waals surface area contributed by atoms with Gasteiger partial charge in [-0.25, -0.2) is 0 Å². The van der Waals surface area contributed by atoms with Crippen molar-refractivity contribution in [3.8, 4) is 5.75 Å². The van der Waals surface area contributed by atoms with E-state index in [2.05, 4.69) is 44.3 Å². The average Bonchev–Trinajstić information content (AvgIpc) is 2.88. The second-order valence-corrected chi connectivity index (χ2v) is 6.34. The summed E-state index contributed by atoms with van der Waals surface area (Å²) in [4.78, 5) is 0. The number of ether oxygens (including phenoxy) is 2. The molecule has 3 rings (SSSR count). The van der Waals surface area contributed by atoms with Crippen LogP contribution in [0.15, 0.2) is 18.2 Å². The zero-order valence-corrected chi connectivity index (χ0v) is 12.7. The molecule has 1 aromatic carbocycles. The summed E-state index contributed by atoms with van der Waals surface area (Å²) in [7, 11) is 0. The Balaban J connectivity index is 1.78. The maximum atomic E-state index is 5.96. The Bertz CT molecular complexity index is 480. The van der Waals surface area contributed by atoms with Crippen LogP contribution in [0.5, 0.6) is 5.75 Å². The van der Waals surface area contributed by atoms with Gasteiger partial charge in [0.05, 0.1) is 12.2 Å². The molecule has 1 fully saturated rings. The summed E-state index contributed by atoms with van der Waals surface area (Å²) in [6.07, 6.45) is 3.34. The fraction of sp³-hybridized carbons (Fsp3) is 0.647. The summed E-state index contributed by atoms with van der Waals surface area (Å²) in [6.45, 7) is 8.28. The molecule has 0 amide bonds. The SMILES string of the molecule is Cc1cccc2c1OCC[C@@H]2N[C@@H](C)[C@]1(C)CCCO1. The van der Waals surface area contributed by atoms with Gasteiger partial charge in [-0.05, 0) is 39.2 Å². The predicted octanol–water partition coefficient (Wildman–Crippen LogP) is 3.37. The molecule has 0 saturated carbocycles. The van der Waals surface area contributed by atoms with Gasteiger partial charge >= 0.3 is 0 Å². The minimum Gasteiger partial charge on any atom is -0.493 e. The van der Waals surface area contributed by atoms with Crippen molar-refractivity contribution in [1.29, 1.82) is 0 Å². The maximum absolute atomic E-state index is 5.96. The van der Waals surface area contributed by atoms with Crippen LogP contribution in [-0.2, 0) is 4.74 Å². The molecule has 1 saturated heterocycles. The fourth-order valence-electron chi connectivity index (χ4n) is 3.37. The smallest absolute Gasteiger partial charge is 0.126 e. The lowest BCUT2D eigenvalue weighted by Gasteiger charge is -2.36. The van der Waals surface area contributed by atoms with Crippen molar-refractivity contribution in [2.75, 3.05) is 13.2 Å². The van der Waals surface area contributed by atoms with Crippen LogP contribution >= 0.6 is 0 Å². The van der Waals surface area contributed by atoms with Crippen LogP contribution < -0.4 is 10.1 Å². The Morgan fingerprint density at radius 3 is 2.95 bits per heavy atom. The van der Waals surface area contributed by atoms with Crippen molar-refractivity contribution in [2.45, 2.75) is 57.7 Å². The minimum absolute atomic E-state index is 0.0255. The first kappa shape index (κ1) is 13.9. The van der Waals surface area contributed by atoms with E-state index in [1.807, 2.05) is 0 Å². The standard InChI is InChI=1S/C17H25NO2/c1-12-6-4-7-14-15(8-11-19-16(12)14)18-13(2)17(3)9-5-10-20-17/h4,6-7,13,15,18H,5,8-11H2,1-3H3/t13-,15-,17-/m0/s1. The van der Waals surface area contributed by atoms with Crippen molar-refractivity contribution < 1.29 is 9.47 Å². The van der Waals surface area contributed by atoms with E-state index in [1.165, 1.54) is 17.5 Å². The topological polar surface area (TPSA) is 30.5 Å². The lowest BCUT2D eigenvalue weighted by Crippen LogP contribution is -2.48. The van der Waals surface area contributed by atoms with Crippen molar-refractivity contribution >= 4 is 0 Å². The van der Waals surface area contributed by atoms with Gasteiger partial charge in [0, 0.05) is 30.7 Å². The first-order valence-corrected chi connectivity index (χ1v) is 7.72. The average molecular weight is 275 g/mol. The van der Waals surface area contributed by atoms with Crippen LogP contribution in [0.2, 0.25) is 0 Å². The number of aryl methyl sites for hydroxylation is 1. The van der Waals surface area contributed by atoms with E-state index >= 15 is 0 Å². The molecule has 3 nitrogen and oxygen atoms in total. The normalized spacial score (nSPS) is 30.6.